The summed E-state index contributed by atoms with van der Waals surface area (Å²) in [5.74, 6) is 1.26. The van der Waals surface area contributed by atoms with Gasteiger partial charge in [0.05, 0.1) is 24.8 Å². The summed E-state index contributed by atoms with van der Waals surface area (Å²) in [6.45, 7) is 1.13. The Morgan fingerprint density at radius 1 is 1.00 bits per heavy atom. The molecule has 0 N–H and O–H groups in total. The van der Waals surface area contributed by atoms with Crippen LogP contribution in [0.3, 0.4) is 0 Å². The molecule has 2 heteroatoms. The van der Waals surface area contributed by atoms with Crippen LogP contribution in [0.5, 0.6) is 0 Å². The van der Waals surface area contributed by atoms with Crippen molar-refractivity contribution in [1.82, 2.24) is 4.57 Å². The molecule has 1 aromatic heterocycles. The highest BCUT2D eigenvalue weighted by Gasteiger charge is 2.26. The van der Waals surface area contributed by atoms with E-state index >= 15 is 0 Å². The molecular formula is C19H20NS+. The average molecular weight is 294 g/mol. The number of hydrogen-bond donors (Lipinski definition) is 0. The van der Waals surface area contributed by atoms with Crippen LogP contribution in [0.2, 0.25) is 0 Å². The van der Waals surface area contributed by atoms with Gasteiger partial charge >= 0.3 is 0 Å². The van der Waals surface area contributed by atoms with Gasteiger partial charge in [0, 0.05) is 22.9 Å². The van der Waals surface area contributed by atoms with Crippen molar-refractivity contribution in [2.24, 2.45) is 0 Å². The molecule has 0 spiro atoms. The maximum absolute atomic E-state index is 2.56. The Balaban J connectivity index is 1.96. The summed E-state index contributed by atoms with van der Waals surface area (Å²) in [7, 11) is 0.482. The van der Waals surface area contributed by atoms with Crippen LogP contribution in [0.1, 0.15) is 11.1 Å². The maximum atomic E-state index is 2.56. The fourth-order valence-electron chi connectivity index (χ4n) is 3.46. The van der Waals surface area contributed by atoms with E-state index in [1.807, 2.05) is 0 Å². The zero-order valence-corrected chi connectivity index (χ0v) is 13.4. The van der Waals surface area contributed by atoms with Crippen molar-refractivity contribution < 1.29 is 0 Å². The van der Waals surface area contributed by atoms with Crippen LogP contribution in [0.25, 0.3) is 22.2 Å². The van der Waals surface area contributed by atoms with E-state index in [2.05, 4.69) is 65.6 Å². The molecule has 0 saturated heterocycles. The van der Waals surface area contributed by atoms with Crippen LogP contribution in [0.15, 0.2) is 48.5 Å². The SMILES string of the molecule is C[S+](C)CCn1c2c(c3ccccc31)Cc1ccccc1-2. The van der Waals surface area contributed by atoms with Crippen LogP contribution in [-0.4, -0.2) is 22.8 Å². The first-order valence-electron chi connectivity index (χ1n) is 7.48. The molecule has 0 atom stereocenters. The third-order valence-electron chi connectivity index (χ3n) is 4.44. The second-order valence-corrected chi connectivity index (χ2v) is 8.40. The van der Waals surface area contributed by atoms with Crippen molar-refractivity contribution in [3.05, 3.63) is 59.7 Å². The highest BCUT2D eigenvalue weighted by molar-refractivity contribution is 7.95. The van der Waals surface area contributed by atoms with Gasteiger partial charge in [-0.1, -0.05) is 42.5 Å². The van der Waals surface area contributed by atoms with E-state index in [1.54, 1.807) is 0 Å². The summed E-state index contributed by atoms with van der Waals surface area (Å²) in [6.07, 6.45) is 5.75. The number of aromatic nitrogens is 1. The molecule has 1 heterocycles. The molecule has 1 nitrogen and oxygen atoms in total. The lowest BCUT2D eigenvalue weighted by Gasteiger charge is -2.10. The summed E-state index contributed by atoms with van der Waals surface area (Å²) in [5.41, 5.74) is 7.32. The van der Waals surface area contributed by atoms with E-state index in [9.17, 15) is 0 Å². The average Bonchev–Trinajstić information content (AvgIpc) is 3.00. The van der Waals surface area contributed by atoms with Gasteiger partial charge in [-0.05, 0) is 28.1 Å². The fourth-order valence-corrected chi connectivity index (χ4v) is 4.01. The zero-order chi connectivity index (χ0) is 14.4. The lowest BCUT2D eigenvalue weighted by molar-refractivity contribution is 0.813. The van der Waals surface area contributed by atoms with E-state index in [-0.39, 0.29) is 0 Å². The molecule has 1 aliphatic rings. The van der Waals surface area contributed by atoms with Crippen LogP contribution in [0, 0.1) is 0 Å². The molecule has 1 aliphatic carbocycles. The van der Waals surface area contributed by atoms with Crippen molar-refractivity contribution in [2.45, 2.75) is 13.0 Å². The Labute approximate surface area is 128 Å². The minimum absolute atomic E-state index is 0.482. The van der Waals surface area contributed by atoms with E-state index < -0.39 is 0 Å². The standard InChI is InChI=1S/C19H20NS/c1-21(2)12-11-20-18-10-6-5-9-16(18)17-13-14-7-3-4-8-15(14)19(17)20/h3-10H,11-13H2,1-2H3/q+1. The van der Waals surface area contributed by atoms with E-state index in [1.165, 1.54) is 39.0 Å². The van der Waals surface area contributed by atoms with Crippen molar-refractivity contribution in [3.8, 4) is 11.3 Å². The summed E-state index contributed by atoms with van der Waals surface area (Å²) < 4.78 is 2.56. The first-order valence-corrected chi connectivity index (χ1v) is 9.69. The van der Waals surface area contributed by atoms with Crippen LogP contribution in [0.4, 0.5) is 0 Å². The smallest absolute Gasteiger partial charge is 0.125 e. The van der Waals surface area contributed by atoms with Gasteiger partial charge in [-0.2, -0.15) is 0 Å². The molecule has 3 aromatic rings. The fraction of sp³-hybridized carbons (Fsp3) is 0.263. The molecule has 0 bridgehead atoms. The minimum atomic E-state index is 0.482. The number of aryl methyl sites for hydroxylation is 1. The number of hydrogen-bond acceptors (Lipinski definition) is 0. The highest BCUT2D eigenvalue weighted by Crippen LogP contribution is 2.42. The molecule has 0 unspecified atom stereocenters. The molecule has 2 aromatic carbocycles. The predicted molar refractivity (Wildman–Crippen MR) is 94.3 cm³/mol. The summed E-state index contributed by atoms with van der Waals surface area (Å²) in [4.78, 5) is 0. The second-order valence-electron chi connectivity index (χ2n) is 6.02. The number of rotatable bonds is 3. The van der Waals surface area contributed by atoms with Gasteiger partial charge in [-0.15, -0.1) is 0 Å². The lowest BCUT2D eigenvalue weighted by Crippen LogP contribution is -2.11. The number of fused-ring (bicyclic) bond motifs is 5. The van der Waals surface area contributed by atoms with Crippen molar-refractivity contribution in [1.29, 1.82) is 0 Å². The minimum Gasteiger partial charge on any atom is -0.335 e. The molecule has 0 radical (unpaired) electrons. The van der Waals surface area contributed by atoms with Crippen molar-refractivity contribution in [3.63, 3.8) is 0 Å². The van der Waals surface area contributed by atoms with Gasteiger partial charge in [0.1, 0.15) is 5.75 Å². The molecule has 4 rings (SSSR count). The monoisotopic (exact) mass is 294 g/mol. The molecule has 106 valence electrons. The Kier molecular flexibility index (Phi) is 3.07. The normalized spacial score (nSPS) is 12.9. The van der Waals surface area contributed by atoms with Gasteiger partial charge in [0.15, 0.2) is 0 Å². The molecule has 21 heavy (non-hydrogen) atoms. The summed E-state index contributed by atoms with van der Waals surface area (Å²) >= 11 is 0. The van der Waals surface area contributed by atoms with Crippen LogP contribution in [-0.2, 0) is 23.9 Å². The quantitative estimate of drug-likeness (QED) is 0.502. The third-order valence-corrected chi connectivity index (χ3v) is 5.44. The predicted octanol–water partition coefficient (Wildman–Crippen LogP) is 4.09. The Morgan fingerprint density at radius 2 is 1.76 bits per heavy atom. The van der Waals surface area contributed by atoms with Crippen molar-refractivity contribution >= 4 is 21.8 Å². The first kappa shape index (κ1) is 13.0. The Bertz CT molecular complexity index is 814. The van der Waals surface area contributed by atoms with Crippen LogP contribution >= 0.6 is 0 Å². The molecule has 0 aliphatic heterocycles. The summed E-state index contributed by atoms with van der Waals surface area (Å²) in [6, 6.07) is 17.8. The zero-order valence-electron chi connectivity index (χ0n) is 12.6. The molecule has 0 saturated carbocycles. The van der Waals surface area contributed by atoms with Gasteiger partial charge in [0.25, 0.3) is 0 Å². The van der Waals surface area contributed by atoms with E-state index in [4.69, 9.17) is 0 Å². The first-order chi connectivity index (χ1) is 10.3. The van der Waals surface area contributed by atoms with E-state index in [0.717, 1.165) is 13.0 Å². The topological polar surface area (TPSA) is 4.93 Å². The number of benzene rings is 2. The largest absolute Gasteiger partial charge is 0.335 e. The van der Waals surface area contributed by atoms with Gasteiger partial charge in [-0.25, -0.2) is 0 Å². The van der Waals surface area contributed by atoms with Crippen molar-refractivity contribution in [2.75, 3.05) is 18.3 Å². The Morgan fingerprint density at radius 3 is 2.62 bits per heavy atom. The van der Waals surface area contributed by atoms with Gasteiger partial charge in [0.2, 0.25) is 0 Å². The Hall–Kier alpha value is -1.67. The number of nitrogens with zero attached hydrogens (tertiary/aromatic N) is 1. The van der Waals surface area contributed by atoms with Crippen LogP contribution < -0.4 is 0 Å². The molecule has 0 fully saturated rings. The van der Waals surface area contributed by atoms with Gasteiger partial charge < -0.3 is 4.57 Å². The van der Waals surface area contributed by atoms with E-state index in [0.29, 0.717) is 10.9 Å². The maximum Gasteiger partial charge on any atom is 0.125 e. The number of para-hydroxylation sites is 1. The molecule has 0 amide bonds. The van der Waals surface area contributed by atoms with Gasteiger partial charge in [-0.3, -0.25) is 0 Å². The lowest BCUT2D eigenvalue weighted by atomic mass is 10.1. The second kappa shape index (κ2) is 4.96. The molecular weight excluding hydrogens is 274 g/mol. The third kappa shape index (κ3) is 2.01. The summed E-state index contributed by atoms with van der Waals surface area (Å²) in [5, 5.41) is 1.44. The highest BCUT2D eigenvalue weighted by atomic mass is 32.2.